The molecule has 168 valence electrons. The molecule has 2 aliphatic rings. The second-order valence-electron chi connectivity index (χ2n) is 7.05. The maximum absolute atomic E-state index is 12.9. The second-order valence-corrected chi connectivity index (χ2v) is 8.15. The van der Waals surface area contributed by atoms with Crippen molar-refractivity contribution in [2.75, 3.05) is 5.32 Å². The van der Waals surface area contributed by atoms with Crippen LogP contribution in [0.3, 0.4) is 0 Å². The van der Waals surface area contributed by atoms with E-state index in [9.17, 15) is 18.0 Å². The lowest BCUT2D eigenvalue weighted by molar-refractivity contribution is -0.146. The molecule has 2 aliphatic carbocycles. The van der Waals surface area contributed by atoms with Gasteiger partial charge in [-0.3, -0.25) is 4.79 Å². The first-order valence-electron chi connectivity index (χ1n) is 9.65. The lowest BCUT2D eigenvalue weighted by atomic mass is 10.1. The van der Waals surface area contributed by atoms with Gasteiger partial charge in [-0.25, -0.2) is 4.79 Å². The van der Waals surface area contributed by atoms with Gasteiger partial charge in [-0.05, 0) is 50.5 Å². The monoisotopic (exact) mass is 459 g/mol. The zero-order valence-electron chi connectivity index (χ0n) is 16.3. The Morgan fingerprint density at radius 2 is 1.81 bits per heavy atom. The van der Waals surface area contributed by atoms with Gasteiger partial charge in [-0.15, -0.1) is 11.3 Å². The molecule has 0 unspecified atom stereocenters. The van der Waals surface area contributed by atoms with E-state index in [1.165, 1.54) is 11.3 Å². The normalized spacial score (nSPS) is 15.9. The SMILES string of the molecule is O=C(Nc1sc2c(c1-c1nc(C(F)(F)F)no1)CCCCC2)C1=CCCC1.O=C(O)O. The van der Waals surface area contributed by atoms with Crippen molar-refractivity contribution >= 4 is 28.4 Å². The van der Waals surface area contributed by atoms with Crippen LogP contribution < -0.4 is 5.32 Å². The molecule has 12 heteroatoms. The fraction of sp³-hybridized carbons (Fsp3) is 0.474. The third-order valence-corrected chi connectivity index (χ3v) is 6.08. The van der Waals surface area contributed by atoms with Crippen LogP contribution in [0.4, 0.5) is 23.0 Å². The number of aryl methyl sites for hydroxylation is 1. The summed E-state index contributed by atoms with van der Waals surface area (Å²) in [5.74, 6) is -1.69. The molecule has 3 N–H and O–H groups in total. The van der Waals surface area contributed by atoms with E-state index in [1.807, 2.05) is 6.08 Å². The zero-order valence-corrected chi connectivity index (χ0v) is 17.1. The third kappa shape index (κ3) is 5.63. The molecule has 0 aromatic carbocycles. The van der Waals surface area contributed by atoms with E-state index in [0.717, 1.165) is 55.4 Å². The van der Waals surface area contributed by atoms with Crippen LogP contribution in [-0.4, -0.2) is 32.4 Å². The Labute approximate surface area is 178 Å². The molecule has 31 heavy (non-hydrogen) atoms. The van der Waals surface area contributed by atoms with E-state index < -0.39 is 18.2 Å². The van der Waals surface area contributed by atoms with Crippen LogP contribution >= 0.6 is 11.3 Å². The number of anilines is 1. The molecule has 0 atom stereocenters. The molecule has 8 nitrogen and oxygen atoms in total. The molecule has 0 saturated carbocycles. The molecule has 0 spiro atoms. The number of hydrogen-bond acceptors (Lipinski definition) is 6. The van der Waals surface area contributed by atoms with E-state index in [0.29, 0.717) is 22.6 Å². The number of alkyl halides is 3. The molecule has 2 aromatic heterocycles. The first-order chi connectivity index (χ1) is 14.7. The number of carboxylic acid groups (broad SMARTS) is 2. The lowest BCUT2D eigenvalue weighted by Gasteiger charge is -2.06. The molecule has 0 fully saturated rings. The van der Waals surface area contributed by atoms with Gasteiger partial charge in [-0.1, -0.05) is 17.7 Å². The maximum atomic E-state index is 12.9. The van der Waals surface area contributed by atoms with E-state index in [2.05, 4.69) is 15.5 Å². The highest BCUT2D eigenvalue weighted by molar-refractivity contribution is 7.17. The highest BCUT2D eigenvalue weighted by Crippen LogP contribution is 2.44. The zero-order chi connectivity index (χ0) is 22.6. The van der Waals surface area contributed by atoms with Gasteiger partial charge in [0.05, 0.1) is 5.56 Å². The molecule has 4 rings (SSSR count). The van der Waals surface area contributed by atoms with Gasteiger partial charge in [0.1, 0.15) is 5.00 Å². The molecular formula is C19H20F3N3O5S. The van der Waals surface area contributed by atoms with Crippen LogP contribution in [0.5, 0.6) is 0 Å². The van der Waals surface area contributed by atoms with Crippen molar-refractivity contribution in [2.45, 2.75) is 57.5 Å². The number of carbonyl (C=O) groups is 2. The Morgan fingerprint density at radius 1 is 1.10 bits per heavy atom. The number of carbonyl (C=O) groups excluding carboxylic acids is 1. The van der Waals surface area contributed by atoms with E-state index in [4.69, 9.17) is 19.5 Å². The van der Waals surface area contributed by atoms with Gasteiger partial charge >= 0.3 is 12.3 Å². The first kappa shape index (κ1) is 22.8. The Bertz CT molecular complexity index is 993. The van der Waals surface area contributed by atoms with E-state index in [1.54, 1.807) is 0 Å². The summed E-state index contributed by atoms with van der Waals surface area (Å²) in [6.45, 7) is 0. The quantitative estimate of drug-likeness (QED) is 0.528. The number of thiophene rings is 1. The minimum Gasteiger partial charge on any atom is -0.450 e. The Balaban J connectivity index is 0.000000628. The van der Waals surface area contributed by atoms with Crippen molar-refractivity contribution in [1.29, 1.82) is 0 Å². The lowest BCUT2D eigenvalue weighted by Crippen LogP contribution is -2.13. The van der Waals surface area contributed by atoms with Crippen LogP contribution in [-0.2, 0) is 23.8 Å². The van der Waals surface area contributed by atoms with Crippen molar-refractivity contribution in [3.05, 3.63) is 27.9 Å². The van der Waals surface area contributed by atoms with Crippen LogP contribution in [0.25, 0.3) is 11.5 Å². The van der Waals surface area contributed by atoms with E-state index in [-0.39, 0.29) is 11.8 Å². The van der Waals surface area contributed by atoms with Crippen molar-refractivity contribution in [3.63, 3.8) is 0 Å². The van der Waals surface area contributed by atoms with Crippen molar-refractivity contribution in [3.8, 4) is 11.5 Å². The number of rotatable bonds is 3. The largest absolute Gasteiger partial charge is 0.503 e. The van der Waals surface area contributed by atoms with Gasteiger partial charge in [0, 0.05) is 10.5 Å². The smallest absolute Gasteiger partial charge is 0.450 e. The minimum atomic E-state index is -4.67. The summed E-state index contributed by atoms with van der Waals surface area (Å²) in [5, 5.41) is 20.4. The van der Waals surface area contributed by atoms with Gasteiger partial charge < -0.3 is 20.1 Å². The summed E-state index contributed by atoms with van der Waals surface area (Å²) in [7, 11) is 0. The average molecular weight is 459 g/mol. The average Bonchev–Trinajstić information content (AvgIpc) is 3.38. The summed E-state index contributed by atoms with van der Waals surface area (Å²) >= 11 is 1.41. The summed E-state index contributed by atoms with van der Waals surface area (Å²) < 4.78 is 43.7. The number of hydrogen-bond donors (Lipinski definition) is 3. The van der Waals surface area contributed by atoms with Crippen molar-refractivity contribution in [1.82, 2.24) is 10.1 Å². The van der Waals surface area contributed by atoms with Gasteiger partial charge in [0.25, 0.3) is 17.6 Å². The van der Waals surface area contributed by atoms with Gasteiger partial charge in [-0.2, -0.15) is 18.2 Å². The number of amides is 1. The Hall–Kier alpha value is -2.89. The fourth-order valence-corrected chi connectivity index (χ4v) is 4.83. The second kappa shape index (κ2) is 9.50. The molecule has 1 amide bonds. The Morgan fingerprint density at radius 3 is 2.42 bits per heavy atom. The summed E-state index contributed by atoms with van der Waals surface area (Å²) in [6.07, 6.45) is 2.51. The number of aromatic nitrogens is 2. The number of nitrogens with zero attached hydrogens (tertiary/aromatic N) is 2. The van der Waals surface area contributed by atoms with Crippen molar-refractivity contribution in [2.24, 2.45) is 0 Å². The van der Waals surface area contributed by atoms with E-state index >= 15 is 0 Å². The number of allylic oxidation sites excluding steroid dienone is 1. The summed E-state index contributed by atoms with van der Waals surface area (Å²) in [4.78, 5) is 25.7. The van der Waals surface area contributed by atoms with Crippen LogP contribution in [0, 0.1) is 0 Å². The van der Waals surface area contributed by atoms with Crippen LogP contribution in [0.15, 0.2) is 16.2 Å². The highest BCUT2D eigenvalue weighted by atomic mass is 32.1. The number of halogens is 3. The van der Waals surface area contributed by atoms with Gasteiger partial charge in [0.15, 0.2) is 0 Å². The molecular weight excluding hydrogens is 439 g/mol. The third-order valence-electron chi connectivity index (χ3n) is 4.87. The maximum Gasteiger partial charge on any atom is 0.503 e. The molecule has 0 saturated heterocycles. The first-order valence-corrected chi connectivity index (χ1v) is 10.5. The van der Waals surface area contributed by atoms with Gasteiger partial charge in [0.2, 0.25) is 0 Å². The standard InChI is InChI=1S/C18H18F3N3O2S.CH2O3/c19-18(20,21)17-23-15(26-24-17)13-11-8-2-1-3-9-12(11)27-16(13)22-14(25)10-6-4-5-7-10;2-1(3)4/h6H,1-5,7-9H2,(H,22,25);(H2,2,3,4). The predicted molar refractivity (Wildman–Crippen MR) is 105 cm³/mol. The summed E-state index contributed by atoms with van der Waals surface area (Å²) in [6, 6.07) is 0. The fourth-order valence-electron chi connectivity index (χ4n) is 3.56. The molecule has 2 heterocycles. The summed E-state index contributed by atoms with van der Waals surface area (Å²) in [5.41, 5.74) is 2.09. The molecule has 0 radical (unpaired) electrons. The number of nitrogens with one attached hydrogen (secondary N) is 1. The molecule has 0 bridgehead atoms. The molecule has 2 aromatic rings. The Kier molecular flexibility index (Phi) is 6.98. The molecule has 0 aliphatic heterocycles. The van der Waals surface area contributed by atoms with Crippen LogP contribution in [0.2, 0.25) is 0 Å². The van der Waals surface area contributed by atoms with Crippen LogP contribution in [0.1, 0.15) is 54.8 Å². The topological polar surface area (TPSA) is 126 Å². The minimum absolute atomic E-state index is 0.183. The highest BCUT2D eigenvalue weighted by Gasteiger charge is 2.38. The van der Waals surface area contributed by atoms with Crippen molar-refractivity contribution < 1.29 is 37.5 Å². The number of fused-ring (bicyclic) bond motifs is 1. The predicted octanol–water partition coefficient (Wildman–Crippen LogP) is 5.36.